The van der Waals surface area contributed by atoms with Gasteiger partial charge in [0.05, 0.1) is 6.26 Å². The van der Waals surface area contributed by atoms with Crippen LogP contribution in [0.2, 0.25) is 0 Å². The molecule has 0 amide bonds. The highest BCUT2D eigenvalue weighted by Gasteiger charge is 2.23. The van der Waals surface area contributed by atoms with E-state index in [4.69, 9.17) is 4.42 Å². The summed E-state index contributed by atoms with van der Waals surface area (Å²) in [5.41, 5.74) is 2.32. The Labute approximate surface area is 108 Å². The Bertz CT molecular complexity index is 478. The largest absolute Gasteiger partial charge is 0.469 e. The van der Waals surface area contributed by atoms with E-state index in [2.05, 4.69) is 30.2 Å². The van der Waals surface area contributed by atoms with Crippen LogP contribution in [-0.4, -0.2) is 11.5 Å². The highest BCUT2D eigenvalue weighted by atomic mass is 16.3. The van der Waals surface area contributed by atoms with E-state index in [1.807, 2.05) is 31.3 Å². The van der Waals surface area contributed by atoms with E-state index in [0.29, 0.717) is 5.92 Å². The number of hydrogen-bond acceptors (Lipinski definition) is 3. The highest BCUT2D eigenvalue weighted by molar-refractivity contribution is 5.25. The number of nitrogens with zero attached hydrogens (tertiary/aromatic N) is 1. The van der Waals surface area contributed by atoms with Crippen molar-refractivity contribution in [2.75, 3.05) is 6.54 Å². The molecular formula is C15H20N2O. The molecule has 2 aromatic rings. The molecular weight excluding hydrogens is 224 g/mol. The number of aromatic nitrogens is 1. The Balaban J connectivity index is 2.28. The van der Waals surface area contributed by atoms with Crippen LogP contribution in [0, 0.1) is 6.92 Å². The number of hydrogen-bond donors (Lipinski definition) is 1. The molecule has 0 aliphatic rings. The Hall–Kier alpha value is -1.61. The third kappa shape index (κ3) is 2.62. The lowest BCUT2D eigenvalue weighted by Gasteiger charge is -2.24. The minimum atomic E-state index is 0.239. The predicted molar refractivity (Wildman–Crippen MR) is 72.5 cm³/mol. The molecule has 0 aliphatic heterocycles. The molecule has 2 unspecified atom stereocenters. The molecule has 0 bridgehead atoms. The summed E-state index contributed by atoms with van der Waals surface area (Å²) in [6.45, 7) is 7.24. The van der Waals surface area contributed by atoms with Crippen molar-refractivity contribution in [1.82, 2.24) is 10.3 Å². The third-order valence-electron chi connectivity index (χ3n) is 3.31. The fourth-order valence-corrected chi connectivity index (χ4v) is 2.31. The summed E-state index contributed by atoms with van der Waals surface area (Å²) in [5, 5.41) is 3.52. The first-order chi connectivity index (χ1) is 8.74. The van der Waals surface area contributed by atoms with Gasteiger partial charge in [0.25, 0.3) is 0 Å². The van der Waals surface area contributed by atoms with Crippen LogP contribution in [0.15, 0.2) is 41.1 Å². The maximum atomic E-state index is 5.42. The van der Waals surface area contributed by atoms with Gasteiger partial charge in [-0.2, -0.15) is 0 Å². The highest BCUT2D eigenvalue weighted by Crippen LogP contribution is 2.31. The number of furan rings is 1. The van der Waals surface area contributed by atoms with Crippen LogP contribution < -0.4 is 5.32 Å². The van der Waals surface area contributed by atoms with Crippen molar-refractivity contribution in [3.05, 3.63) is 53.7 Å². The Morgan fingerprint density at radius 3 is 2.72 bits per heavy atom. The maximum absolute atomic E-state index is 5.42. The van der Waals surface area contributed by atoms with Gasteiger partial charge in [-0.3, -0.25) is 4.98 Å². The molecule has 0 saturated heterocycles. The fraction of sp³-hybridized carbons (Fsp3) is 0.400. The van der Waals surface area contributed by atoms with Crippen molar-refractivity contribution in [3.8, 4) is 0 Å². The van der Waals surface area contributed by atoms with Crippen LogP contribution in [0.25, 0.3) is 0 Å². The monoisotopic (exact) mass is 244 g/mol. The predicted octanol–water partition coefficient (Wildman–Crippen LogP) is 3.44. The number of likely N-dealkylation sites (N-methyl/N-ethyl adjacent to an activating group) is 1. The normalized spacial score (nSPS) is 14.4. The number of pyridine rings is 1. The van der Waals surface area contributed by atoms with E-state index in [-0.39, 0.29) is 6.04 Å². The molecule has 3 nitrogen and oxygen atoms in total. The average molecular weight is 244 g/mol. The van der Waals surface area contributed by atoms with Gasteiger partial charge >= 0.3 is 0 Å². The van der Waals surface area contributed by atoms with Crippen LogP contribution >= 0.6 is 0 Å². The van der Waals surface area contributed by atoms with Crippen molar-refractivity contribution < 1.29 is 4.42 Å². The molecule has 18 heavy (non-hydrogen) atoms. The quantitative estimate of drug-likeness (QED) is 0.875. The average Bonchev–Trinajstić information content (AvgIpc) is 2.82. The van der Waals surface area contributed by atoms with Crippen LogP contribution in [0.4, 0.5) is 0 Å². The topological polar surface area (TPSA) is 38.1 Å². The second-order valence-corrected chi connectivity index (χ2v) is 4.51. The SMILES string of the molecule is CCNC(c1ccoc1C)C(C)c1ccccn1. The molecule has 2 atom stereocenters. The first-order valence-electron chi connectivity index (χ1n) is 6.42. The second kappa shape index (κ2) is 5.83. The zero-order chi connectivity index (χ0) is 13.0. The Kier molecular flexibility index (Phi) is 4.15. The summed E-state index contributed by atoms with van der Waals surface area (Å²) in [4.78, 5) is 4.45. The van der Waals surface area contributed by atoms with Gasteiger partial charge in [0.2, 0.25) is 0 Å². The maximum Gasteiger partial charge on any atom is 0.105 e. The summed E-state index contributed by atoms with van der Waals surface area (Å²) < 4.78 is 5.42. The van der Waals surface area contributed by atoms with Gasteiger partial charge in [0.1, 0.15) is 5.76 Å². The zero-order valence-corrected chi connectivity index (χ0v) is 11.2. The lowest BCUT2D eigenvalue weighted by atomic mass is 9.91. The molecule has 2 heterocycles. The summed E-state index contributed by atoms with van der Waals surface area (Å²) in [7, 11) is 0. The first kappa shape index (κ1) is 12.8. The molecule has 1 N–H and O–H groups in total. The van der Waals surface area contributed by atoms with E-state index >= 15 is 0 Å². The lowest BCUT2D eigenvalue weighted by molar-refractivity contribution is 0.455. The molecule has 3 heteroatoms. The van der Waals surface area contributed by atoms with E-state index in [9.17, 15) is 0 Å². The molecule has 0 aliphatic carbocycles. The van der Waals surface area contributed by atoms with Gasteiger partial charge in [0, 0.05) is 29.4 Å². The molecule has 0 radical (unpaired) electrons. The summed E-state index contributed by atoms with van der Waals surface area (Å²) in [5.74, 6) is 1.28. The molecule has 0 spiro atoms. The minimum Gasteiger partial charge on any atom is -0.469 e. The first-order valence-corrected chi connectivity index (χ1v) is 6.42. The van der Waals surface area contributed by atoms with Gasteiger partial charge in [-0.1, -0.05) is 19.9 Å². The van der Waals surface area contributed by atoms with Gasteiger partial charge in [-0.05, 0) is 31.7 Å². The molecule has 96 valence electrons. The van der Waals surface area contributed by atoms with E-state index in [0.717, 1.165) is 18.0 Å². The van der Waals surface area contributed by atoms with Crippen LogP contribution in [0.3, 0.4) is 0 Å². The number of rotatable bonds is 5. The number of nitrogens with one attached hydrogen (secondary N) is 1. The summed E-state index contributed by atoms with van der Waals surface area (Å²) >= 11 is 0. The van der Waals surface area contributed by atoms with Gasteiger partial charge in [-0.15, -0.1) is 0 Å². The van der Waals surface area contributed by atoms with Crippen LogP contribution in [0.1, 0.15) is 42.8 Å². The van der Waals surface area contributed by atoms with Gasteiger partial charge in [-0.25, -0.2) is 0 Å². The van der Waals surface area contributed by atoms with Crippen molar-refractivity contribution >= 4 is 0 Å². The Morgan fingerprint density at radius 1 is 1.33 bits per heavy atom. The number of aryl methyl sites for hydroxylation is 1. The molecule has 0 saturated carbocycles. The van der Waals surface area contributed by atoms with E-state index in [1.165, 1.54) is 5.56 Å². The molecule has 0 fully saturated rings. The second-order valence-electron chi connectivity index (χ2n) is 4.51. The summed E-state index contributed by atoms with van der Waals surface area (Å²) in [6, 6.07) is 8.33. The fourth-order valence-electron chi connectivity index (χ4n) is 2.31. The van der Waals surface area contributed by atoms with Crippen molar-refractivity contribution in [2.45, 2.75) is 32.7 Å². The van der Waals surface area contributed by atoms with Gasteiger partial charge < -0.3 is 9.73 Å². The standard InChI is InChI=1S/C15H20N2O/c1-4-16-15(13-8-10-18-12(13)3)11(2)14-7-5-6-9-17-14/h5-11,15-16H,4H2,1-3H3. The zero-order valence-electron chi connectivity index (χ0n) is 11.2. The van der Waals surface area contributed by atoms with Crippen molar-refractivity contribution in [1.29, 1.82) is 0 Å². The van der Waals surface area contributed by atoms with Crippen molar-refractivity contribution in [2.24, 2.45) is 0 Å². The van der Waals surface area contributed by atoms with Crippen molar-refractivity contribution in [3.63, 3.8) is 0 Å². The smallest absolute Gasteiger partial charge is 0.105 e. The lowest BCUT2D eigenvalue weighted by Crippen LogP contribution is -2.26. The summed E-state index contributed by atoms with van der Waals surface area (Å²) in [6.07, 6.45) is 3.59. The molecule has 0 aromatic carbocycles. The third-order valence-corrected chi connectivity index (χ3v) is 3.31. The van der Waals surface area contributed by atoms with Crippen LogP contribution in [0.5, 0.6) is 0 Å². The minimum absolute atomic E-state index is 0.239. The van der Waals surface area contributed by atoms with E-state index in [1.54, 1.807) is 6.26 Å². The molecule has 2 aromatic heterocycles. The molecule has 2 rings (SSSR count). The Morgan fingerprint density at radius 2 is 2.17 bits per heavy atom. The van der Waals surface area contributed by atoms with Gasteiger partial charge in [0.15, 0.2) is 0 Å². The van der Waals surface area contributed by atoms with E-state index < -0.39 is 0 Å². The van der Waals surface area contributed by atoms with Crippen LogP contribution in [-0.2, 0) is 0 Å².